The molecule has 0 radical (unpaired) electrons. The van der Waals surface area contributed by atoms with Crippen molar-refractivity contribution in [3.8, 4) is 11.5 Å². The number of nitrogens with zero attached hydrogens (tertiary/aromatic N) is 3. The van der Waals surface area contributed by atoms with E-state index in [0.29, 0.717) is 49.8 Å². The van der Waals surface area contributed by atoms with E-state index in [1.54, 1.807) is 18.4 Å². The molecule has 4 aromatic rings. The number of carbonyl (C=O) groups excluding carboxylic acids is 1. The number of ether oxygens (including phenoxy) is 3. The molecule has 8 nitrogen and oxygen atoms in total. The van der Waals surface area contributed by atoms with Crippen LogP contribution in [-0.4, -0.2) is 37.8 Å². The first kappa shape index (κ1) is 31.3. The van der Waals surface area contributed by atoms with E-state index >= 15 is 0 Å². The molecular weight excluding hydrogens is 642 g/mol. The van der Waals surface area contributed by atoms with E-state index in [0.717, 1.165) is 22.4 Å². The average Bonchev–Trinajstić information content (AvgIpc) is 3.30. The molecule has 0 bridgehead atoms. The van der Waals surface area contributed by atoms with Crippen molar-refractivity contribution < 1.29 is 19.0 Å². The van der Waals surface area contributed by atoms with Gasteiger partial charge in [-0.1, -0.05) is 53.8 Å². The number of rotatable bonds is 10. The zero-order valence-corrected chi connectivity index (χ0v) is 27.7. The van der Waals surface area contributed by atoms with Crippen LogP contribution in [0.3, 0.4) is 0 Å². The van der Waals surface area contributed by atoms with Crippen LogP contribution in [0.15, 0.2) is 92.3 Å². The minimum Gasteiger partial charge on any atom is -0.490 e. The highest BCUT2D eigenvalue weighted by atomic mass is 79.9. The lowest BCUT2D eigenvalue weighted by Crippen LogP contribution is -2.39. The van der Waals surface area contributed by atoms with Gasteiger partial charge in [-0.2, -0.15) is 0 Å². The van der Waals surface area contributed by atoms with Crippen LogP contribution in [0.1, 0.15) is 43.5 Å². The van der Waals surface area contributed by atoms with E-state index in [4.69, 9.17) is 14.2 Å². The molecule has 2 heterocycles. The van der Waals surface area contributed by atoms with Gasteiger partial charge in [0.1, 0.15) is 6.61 Å². The Balaban J connectivity index is 1.59. The number of thiazole rings is 1. The SMILES string of the molecule is CCOC(=O)C1=C(C)N=c2s/c(=C/c3cc(Br)c(OCc4ccccc4)c(OCC)c3)c(=O)n2C1c1ccc(N(C)C)cc1. The van der Waals surface area contributed by atoms with E-state index in [1.807, 2.05) is 98.7 Å². The van der Waals surface area contributed by atoms with Gasteiger partial charge in [0.25, 0.3) is 5.56 Å². The van der Waals surface area contributed by atoms with Gasteiger partial charge >= 0.3 is 5.97 Å². The molecule has 0 saturated carbocycles. The second-order valence-electron chi connectivity index (χ2n) is 10.3. The molecule has 10 heteroatoms. The number of carbonyl (C=O) groups is 1. The van der Waals surface area contributed by atoms with Crippen LogP contribution >= 0.6 is 27.3 Å². The second kappa shape index (κ2) is 13.7. The number of allylic oxidation sites excluding steroid dienone is 1. The van der Waals surface area contributed by atoms with E-state index in [9.17, 15) is 9.59 Å². The molecule has 0 saturated heterocycles. The Hall–Kier alpha value is -4.15. The van der Waals surface area contributed by atoms with Gasteiger partial charge in [0.2, 0.25) is 0 Å². The van der Waals surface area contributed by atoms with Gasteiger partial charge in [0, 0.05) is 19.8 Å². The highest BCUT2D eigenvalue weighted by Crippen LogP contribution is 2.38. The lowest BCUT2D eigenvalue weighted by molar-refractivity contribution is -0.139. The monoisotopic (exact) mass is 675 g/mol. The van der Waals surface area contributed by atoms with Crippen LogP contribution in [0.4, 0.5) is 5.69 Å². The number of benzene rings is 3. The van der Waals surface area contributed by atoms with E-state index in [-0.39, 0.29) is 12.2 Å². The molecule has 1 unspecified atom stereocenters. The summed E-state index contributed by atoms with van der Waals surface area (Å²) < 4.78 is 20.3. The molecule has 228 valence electrons. The van der Waals surface area contributed by atoms with Crippen molar-refractivity contribution in [3.63, 3.8) is 0 Å². The Labute approximate surface area is 268 Å². The van der Waals surface area contributed by atoms with Gasteiger partial charge in [-0.05, 0) is 83.7 Å². The van der Waals surface area contributed by atoms with Crippen molar-refractivity contribution in [2.45, 2.75) is 33.4 Å². The van der Waals surface area contributed by atoms with Gasteiger partial charge in [-0.25, -0.2) is 9.79 Å². The van der Waals surface area contributed by atoms with Gasteiger partial charge < -0.3 is 19.1 Å². The third kappa shape index (κ3) is 6.51. The zero-order valence-electron chi connectivity index (χ0n) is 25.3. The number of hydrogen-bond acceptors (Lipinski definition) is 8. The van der Waals surface area contributed by atoms with Gasteiger partial charge in [0.05, 0.1) is 39.5 Å². The lowest BCUT2D eigenvalue weighted by Gasteiger charge is -2.25. The molecule has 0 amide bonds. The standard InChI is InChI=1S/C34H34BrN3O5S/c1-6-41-27-18-23(17-26(35)31(27)43-20-22-11-9-8-10-12-22)19-28-32(39)38-30(24-13-15-25(16-14-24)37(4)5)29(33(40)42-7-2)21(3)36-34(38)44-28/h8-19,30H,6-7,20H2,1-5H3/b28-19+. The molecule has 0 aliphatic carbocycles. The maximum atomic E-state index is 14.1. The van der Waals surface area contributed by atoms with Crippen molar-refractivity contribution in [2.24, 2.45) is 4.99 Å². The van der Waals surface area contributed by atoms with Crippen LogP contribution in [0.5, 0.6) is 11.5 Å². The largest absolute Gasteiger partial charge is 0.490 e. The summed E-state index contributed by atoms with van der Waals surface area (Å²) in [5.41, 5.74) is 4.22. The molecule has 1 atom stereocenters. The summed E-state index contributed by atoms with van der Waals surface area (Å²) in [6.45, 7) is 6.50. The first-order chi connectivity index (χ1) is 21.2. The summed E-state index contributed by atoms with van der Waals surface area (Å²) in [5, 5.41) is 0. The Bertz CT molecular complexity index is 1880. The van der Waals surface area contributed by atoms with Crippen LogP contribution in [0.25, 0.3) is 6.08 Å². The minimum atomic E-state index is -0.678. The Morgan fingerprint density at radius 3 is 2.43 bits per heavy atom. The topological polar surface area (TPSA) is 82.4 Å². The van der Waals surface area contributed by atoms with Gasteiger partial charge in [0.15, 0.2) is 16.3 Å². The van der Waals surface area contributed by atoms with Crippen molar-refractivity contribution in [1.82, 2.24) is 4.57 Å². The van der Waals surface area contributed by atoms with Crippen molar-refractivity contribution in [1.29, 1.82) is 0 Å². The fourth-order valence-corrected chi connectivity index (χ4v) is 6.64. The summed E-state index contributed by atoms with van der Waals surface area (Å²) in [4.78, 5) is 34.5. The quantitative estimate of drug-likeness (QED) is 0.204. The molecule has 44 heavy (non-hydrogen) atoms. The van der Waals surface area contributed by atoms with E-state index < -0.39 is 12.0 Å². The number of aromatic nitrogens is 1. The summed E-state index contributed by atoms with van der Waals surface area (Å²) in [7, 11) is 3.92. The fourth-order valence-electron chi connectivity index (χ4n) is 5.02. The van der Waals surface area contributed by atoms with Crippen LogP contribution in [0, 0.1) is 0 Å². The molecule has 1 aliphatic heterocycles. The van der Waals surface area contributed by atoms with Crippen LogP contribution in [-0.2, 0) is 16.1 Å². The summed E-state index contributed by atoms with van der Waals surface area (Å²) in [6.07, 6.45) is 1.81. The van der Waals surface area contributed by atoms with Crippen LogP contribution in [0.2, 0.25) is 0 Å². The maximum Gasteiger partial charge on any atom is 0.338 e. The zero-order chi connectivity index (χ0) is 31.4. The number of halogens is 1. The van der Waals surface area contributed by atoms with Crippen molar-refractivity contribution >= 4 is 45.0 Å². The Morgan fingerprint density at radius 2 is 1.77 bits per heavy atom. The normalized spacial score (nSPS) is 14.6. The summed E-state index contributed by atoms with van der Waals surface area (Å²) >= 11 is 4.93. The number of fused-ring (bicyclic) bond motifs is 1. The van der Waals surface area contributed by atoms with E-state index in [1.165, 1.54) is 11.3 Å². The minimum absolute atomic E-state index is 0.217. The third-order valence-corrected chi connectivity index (χ3v) is 8.67. The first-order valence-corrected chi connectivity index (χ1v) is 15.9. The second-order valence-corrected chi connectivity index (χ2v) is 12.2. The predicted molar refractivity (Wildman–Crippen MR) is 177 cm³/mol. The number of anilines is 1. The Kier molecular flexibility index (Phi) is 9.71. The highest BCUT2D eigenvalue weighted by molar-refractivity contribution is 9.10. The highest BCUT2D eigenvalue weighted by Gasteiger charge is 2.33. The molecule has 0 N–H and O–H groups in total. The maximum absolute atomic E-state index is 14.1. The molecule has 3 aromatic carbocycles. The fraction of sp³-hybridized carbons (Fsp3) is 0.265. The third-order valence-electron chi connectivity index (χ3n) is 7.10. The smallest absolute Gasteiger partial charge is 0.338 e. The van der Waals surface area contributed by atoms with Crippen molar-refractivity contribution in [2.75, 3.05) is 32.2 Å². The summed E-state index contributed by atoms with van der Waals surface area (Å²) in [5.74, 6) is 0.669. The molecule has 0 fully saturated rings. The van der Waals surface area contributed by atoms with Crippen LogP contribution < -0.4 is 29.3 Å². The predicted octanol–water partition coefficient (Wildman–Crippen LogP) is 5.60. The van der Waals surface area contributed by atoms with Gasteiger partial charge in [-0.3, -0.25) is 9.36 Å². The average molecular weight is 677 g/mol. The lowest BCUT2D eigenvalue weighted by atomic mass is 9.95. The first-order valence-electron chi connectivity index (χ1n) is 14.3. The van der Waals surface area contributed by atoms with Gasteiger partial charge in [-0.15, -0.1) is 0 Å². The number of esters is 1. The number of hydrogen-bond donors (Lipinski definition) is 0. The molecule has 1 aliphatic rings. The van der Waals surface area contributed by atoms with E-state index in [2.05, 4.69) is 20.9 Å². The van der Waals surface area contributed by atoms with Crippen molar-refractivity contribution in [3.05, 3.63) is 119 Å². The molecule has 0 spiro atoms. The summed E-state index contributed by atoms with van der Waals surface area (Å²) in [6, 6.07) is 20.8. The molecule has 5 rings (SSSR count). The molecule has 1 aromatic heterocycles. The molecular formula is C34H34BrN3O5S. The Morgan fingerprint density at radius 1 is 1.05 bits per heavy atom.